The predicted octanol–water partition coefficient (Wildman–Crippen LogP) is 0.630. The van der Waals surface area contributed by atoms with Gasteiger partial charge in [-0.25, -0.2) is 4.79 Å². The van der Waals surface area contributed by atoms with Gasteiger partial charge in [0, 0.05) is 19.8 Å². The zero-order chi connectivity index (χ0) is 13.8. The van der Waals surface area contributed by atoms with Gasteiger partial charge >= 0.3 is 5.97 Å². The van der Waals surface area contributed by atoms with E-state index in [-0.39, 0.29) is 18.7 Å². The highest BCUT2D eigenvalue weighted by Crippen LogP contribution is 2.23. The summed E-state index contributed by atoms with van der Waals surface area (Å²) in [6, 6.07) is 0. The second-order valence-electron chi connectivity index (χ2n) is 4.79. The normalized spacial score (nSPS) is 21.1. The number of aliphatic hydroxyl groups excluding tert-OH is 1. The fourth-order valence-electron chi connectivity index (χ4n) is 2.38. The maximum Gasteiger partial charge on any atom is 0.339 e. The molecule has 2 heterocycles. The Morgan fingerprint density at radius 2 is 2.16 bits per heavy atom. The zero-order valence-corrected chi connectivity index (χ0v) is 11.1. The Hall–Kier alpha value is -1.56. The van der Waals surface area contributed by atoms with Crippen LogP contribution in [0.4, 0.5) is 0 Å². The highest BCUT2D eigenvalue weighted by atomic mass is 16.5. The summed E-state index contributed by atoms with van der Waals surface area (Å²) in [5.74, 6) is -1.19. The largest absolute Gasteiger partial charge is 0.503 e. The Balaban J connectivity index is 1.96. The second-order valence-corrected chi connectivity index (χ2v) is 4.79. The molecule has 0 bridgehead atoms. The van der Waals surface area contributed by atoms with Gasteiger partial charge in [-0.15, -0.1) is 0 Å². The van der Waals surface area contributed by atoms with E-state index in [0.29, 0.717) is 25.7 Å². The zero-order valence-electron chi connectivity index (χ0n) is 11.1. The third kappa shape index (κ3) is 3.07. The lowest BCUT2D eigenvalue weighted by Crippen LogP contribution is -2.35. The van der Waals surface area contributed by atoms with Crippen molar-refractivity contribution in [2.75, 3.05) is 32.9 Å². The molecule has 1 N–H and O–H groups in total. The third-order valence-corrected chi connectivity index (χ3v) is 3.47. The van der Waals surface area contributed by atoms with Crippen molar-refractivity contribution in [3.63, 3.8) is 0 Å². The van der Waals surface area contributed by atoms with E-state index >= 15 is 0 Å². The Bertz CT molecular complexity index is 398. The fraction of sp³-hybridized carbons (Fsp3) is 0.692. The standard InChI is InChI=1S/C13H19NO5/c1-2-19-13(17)10-8-14(12(16)11(10)15)7-9-3-5-18-6-4-9/h9,15H,2-8H2,1H3. The average molecular weight is 269 g/mol. The number of nitrogens with zero attached hydrogens (tertiary/aromatic N) is 1. The summed E-state index contributed by atoms with van der Waals surface area (Å²) in [5.41, 5.74) is 0.0684. The number of esters is 1. The van der Waals surface area contributed by atoms with Gasteiger partial charge < -0.3 is 19.5 Å². The van der Waals surface area contributed by atoms with Crippen LogP contribution in [0.25, 0.3) is 0 Å². The SMILES string of the molecule is CCOC(=O)C1=C(O)C(=O)N(CC2CCOCC2)C1. The Morgan fingerprint density at radius 1 is 1.47 bits per heavy atom. The van der Waals surface area contributed by atoms with Crippen LogP contribution in [0.15, 0.2) is 11.3 Å². The highest BCUT2D eigenvalue weighted by Gasteiger charge is 2.35. The molecule has 0 atom stereocenters. The first-order valence-electron chi connectivity index (χ1n) is 6.59. The maximum atomic E-state index is 11.9. The van der Waals surface area contributed by atoms with Crippen LogP contribution in [-0.4, -0.2) is 54.8 Å². The molecule has 0 aromatic rings. The summed E-state index contributed by atoms with van der Waals surface area (Å²) < 4.78 is 10.1. The lowest BCUT2D eigenvalue weighted by atomic mass is 10.00. The van der Waals surface area contributed by atoms with E-state index in [9.17, 15) is 14.7 Å². The smallest absolute Gasteiger partial charge is 0.339 e. The van der Waals surface area contributed by atoms with Gasteiger partial charge in [0.2, 0.25) is 0 Å². The minimum atomic E-state index is -0.608. The lowest BCUT2D eigenvalue weighted by molar-refractivity contribution is -0.138. The van der Waals surface area contributed by atoms with Crippen molar-refractivity contribution in [3.05, 3.63) is 11.3 Å². The van der Waals surface area contributed by atoms with Crippen molar-refractivity contribution in [2.24, 2.45) is 5.92 Å². The summed E-state index contributed by atoms with van der Waals surface area (Å²) in [4.78, 5) is 25.0. The predicted molar refractivity (Wildman–Crippen MR) is 66.4 cm³/mol. The highest BCUT2D eigenvalue weighted by molar-refractivity contribution is 6.05. The van der Waals surface area contributed by atoms with Crippen LogP contribution in [-0.2, 0) is 19.1 Å². The van der Waals surface area contributed by atoms with Crippen LogP contribution in [0.5, 0.6) is 0 Å². The number of aliphatic hydroxyl groups is 1. The first kappa shape index (κ1) is 13.9. The number of rotatable bonds is 4. The molecule has 0 radical (unpaired) electrons. The fourth-order valence-corrected chi connectivity index (χ4v) is 2.38. The Kier molecular flexibility index (Phi) is 4.42. The first-order chi connectivity index (χ1) is 9.13. The molecular weight excluding hydrogens is 250 g/mol. The van der Waals surface area contributed by atoms with Gasteiger partial charge in [-0.3, -0.25) is 4.79 Å². The monoisotopic (exact) mass is 269 g/mol. The van der Waals surface area contributed by atoms with Crippen molar-refractivity contribution in [1.82, 2.24) is 4.90 Å². The Labute approximate surface area is 112 Å². The van der Waals surface area contributed by atoms with Crippen LogP contribution >= 0.6 is 0 Å². The van der Waals surface area contributed by atoms with E-state index in [0.717, 1.165) is 12.8 Å². The van der Waals surface area contributed by atoms with Gasteiger partial charge in [-0.05, 0) is 25.7 Å². The van der Waals surface area contributed by atoms with Gasteiger partial charge in [0.05, 0.1) is 13.2 Å². The van der Waals surface area contributed by atoms with Gasteiger partial charge in [-0.1, -0.05) is 0 Å². The van der Waals surface area contributed by atoms with Crippen LogP contribution in [0.3, 0.4) is 0 Å². The van der Waals surface area contributed by atoms with Crippen molar-refractivity contribution in [2.45, 2.75) is 19.8 Å². The molecule has 1 saturated heterocycles. The Morgan fingerprint density at radius 3 is 2.79 bits per heavy atom. The second kappa shape index (κ2) is 6.06. The van der Waals surface area contributed by atoms with Crippen molar-refractivity contribution >= 4 is 11.9 Å². The van der Waals surface area contributed by atoms with Crippen LogP contribution in [0.2, 0.25) is 0 Å². The van der Waals surface area contributed by atoms with Crippen LogP contribution in [0, 0.1) is 5.92 Å². The number of ether oxygens (including phenoxy) is 2. The summed E-state index contributed by atoms with van der Waals surface area (Å²) >= 11 is 0. The molecule has 0 aliphatic carbocycles. The number of carbonyl (C=O) groups is 2. The maximum absolute atomic E-state index is 11.9. The van der Waals surface area contributed by atoms with Crippen molar-refractivity contribution in [1.29, 1.82) is 0 Å². The molecule has 0 aromatic heterocycles. The van der Waals surface area contributed by atoms with Gasteiger partial charge in [0.15, 0.2) is 5.76 Å². The summed E-state index contributed by atoms with van der Waals surface area (Å²) in [7, 11) is 0. The lowest BCUT2D eigenvalue weighted by Gasteiger charge is -2.26. The number of hydrogen-bond donors (Lipinski definition) is 1. The molecule has 2 rings (SSSR count). The molecule has 1 fully saturated rings. The van der Waals surface area contributed by atoms with E-state index in [2.05, 4.69) is 0 Å². The molecular formula is C13H19NO5. The molecule has 2 aliphatic heterocycles. The molecule has 0 saturated carbocycles. The summed E-state index contributed by atoms with van der Waals surface area (Å²) in [6.45, 7) is 4.01. The van der Waals surface area contributed by atoms with E-state index in [1.165, 1.54) is 4.90 Å². The molecule has 2 aliphatic rings. The molecule has 106 valence electrons. The van der Waals surface area contributed by atoms with Crippen LogP contribution < -0.4 is 0 Å². The molecule has 1 amide bonds. The van der Waals surface area contributed by atoms with Gasteiger partial charge in [-0.2, -0.15) is 0 Å². The van der Waals surface area contributed by atoms with Crippen molar-refractivity contribution in [3.8, 4) is 0 Å². The molecule has 6 heteroatoms. The van der Waals surface area contributed by atoms with Gasteiger partial charge in [0.1, 0.15) is 5.57 Å². The molecule has 0 unspecified atom stereocenters. The quantitative estimate of drug-likeness (QED) is 0.758. The minimum absolute atomic E-state index is 0.0684. The summed E-state index contributed by atoms with van der Waals surface area (Å²) in [5, 5.41) is 9.72. The molecule has 0 spiro atoms. The van der Waals surface area contributed by atoms with E-state index < -0.39 is 17.6 Å². The third-order valence-electron chi connectivity index (χ3n) is 3.47. The van der Waals surface area contributed by atoms with Gasteiger partial charge in [0.25, 0.3) is 5.91 Å². The van der Waals surface area contributed by atoms with E-state index in [1.54, 1.807) is 6.92 Å². The van der Waals surface area contributed by atoms with E-state index in [1.807, 2.05) is 0 Å². The average Bonchev–Trinajstić information content (AvgIpc) is 2.69. The number of hydrogen-bond acceptors (Lipinski definition) is 5. The summed E-state index contributed by atoms with van der Waals surface area (Å²) in [6.07, 6.45) is 1.80. The van der Waals surface area contributed by atoms with Crippen molar-refractivity contribution < 1.29 is 24.2 Å². The molecule has 19 heavy (non-hydrogen) atoms. The van der Waals surface area contributed by atoms with E-state index in [4.69, 9.17) is 9.47 Å². The number of amides is 1. The molecule has 6 nitrogen and oxygen atoms in total. The first-order valence-corrected chi connectivity index (χ1v) is 6.59. The topological polar surface area (TPSA) is 76.1 Å². The van der Waals surface area contributed by atoms with Crippen LogP contribution in [0.1, 0.15) is 19.8 Å². The molecule has 0 aromatic carbocycles. The number of carbonyl (C=O) groups excluding carboxylic acids is 2. The minimum Gasteiger partial charge on any atom is -0.503 e.